The van der Waals surface area contributed by atoms with Gasteiger partial charge >= 0.3 is 6.03 Å². The van der Waals surface area contributed by atoms with Crippen molar-refractivity contribution in [1.29, 1.82) is 0 Å². The molecular formula is C22H32N4O2. The molecule has 1 aliphatic heterocycles. The number of rotatable bonds is 3. The van der Waals surface area contributed by atoms with Crippen molar-refractivity contribution in [3.05, 3.63) is 41.6 Å². The van der Waals surface area contributed by atoms with Crippen molar-refractivity contribution in [2.75, 3.05) is 18.4 Å². The average Bonchev–Trinajstić information content (AvgIpc) is 3.06. The SMILES string of the molecule is Cc1ccc(-n2nc(C(C)(C)C)cc2NC(=O)N2CCC(C(C)O)CC2)cc1. The summed E-state index contributed by atoms with van der Waals surface area (Å²) < 4.78 is 1.81. The summed E-state index contributed by atoms with van der Waals surface area (Å²) in [6.45, 7) is 11.5. The number of urea groups is 1. The largest absolute Gasteiger partial charge is 0.393 e. The Morgan fingerprint density at radius 3 is 2.36 bits per heavy atom. The number of piperidine rings is 1. The highest BCUT2D eigenvalue weighted by Crippen LogP contribution is 2.27. The number of nitrogens with one attached hydrogen (secondary N) is 1. The first-order chi connectivity index (χ1) is 13.1. The minimum absolute atomic E-state index is 0.113. The second-order valence-corrected chi connectivity index (χ2v) is 8.91. The Morgan fingerprint density at radius 1 is 1.21 bits per heavy atom. The van der Waals surface area contributed by atoms with Crippen molar-refractivity contribution in [2.45, 2.75) is 59.0 Å². The predicted molar refractivity (Wildman–Crippen MR) is 112 cm³/mol. The fraction of sp³-hybridized carbons (Fsp3) is 0.545. The minimum Gasteiger partial charge on any atom is -0.393 e. The number of hydrogen-bond donors (Lipinski definition) is 2. The summed E-state index contributed by atoms with van der Waals surface area (Å²) in [4.78, 5) is 14.7. The molecule has 28 heavy (non-hydrogen) atoms. The first kappa shape index (κ1) is 20.4. The van der Waals surface area contributed by atoms with Gasteiger partial charge in [-0.15, -0.1) is 0 Å². The number of aromatic nitrogens is 2. The Hall–Kier alpha value is -2.34. The van der Waals surface area contributed by atoms with Crippen LogP contribution in [0.5, 0.6) is 0 Å². The number of aliphatic hydroxyl groups excluding tert-OH is 1. The van der Waals surface area contributed by atoms with Crippen LogP contribution in [-0.2, 0) is 5.41 Å². The molecule has 1 unspecified atom stereocenters. The van der Waals surface area contributed by atoms with Crippen molar-refractivity contribution in [1.82, 2.24) is 14.7 Å². The molecule has 0 saturated carbocycles. The molecule has 1 aromatic carbocycles. The summed E-state index contributed by atoms with van der Waals surface area (Å²) in [6.07, 6.45) is 1.34. The Morgan fingerprint density at radius 2 is 1.82 bits per heavy atom. The molecule has 0 bridgehead atoms. The third kappa shape index (κ3) is 4.55. The number of nitrogens with zero attached hydrogens (tertiary/aromatic N) is 3. The zero-order valence-corrected chi connectivity index (χ0v) is 17.6. The molecule has 1 aromatic heterocycles. The highest BCUT2D eigenvalue weighted by Gasteiger charge is 2.27. The summed E-state index contributed by atoms with van der Waals surface area (Å²) >= 11 is 0. The molecule has 6 nitrogen and oxygen atoms in total. The van der Waals surface area contributed by atoms with Crippen LogP contribution in [0.1, 0.15) is 51.8 Å². The first-order valence-electron chi connectivity index (χ1n) is 10.1. The van der Waals surface area contributed by atoms with Gasteiger partial charge in [-0.2, -0.15) is 5.10 Å². The second kappa shape index (κ2) is 7.95. The van der Waals surface area contributed by atoms with E-state index in [4.69, 9.17) is 5.10 Å². The lowest BCUT2D eigenvalue weighted by molar-refractivity contribution is 0.0820. The van der Waals surface area contributed by atoms with Gasteiger partial charge in [0.1, 0.15) is 5.82 Å². The van der Waals surface area contributed by atoms with Gasteiger partial charge in [0.25, 0.3) is 0 Å². The molecule has 1 atom stereocenters. The van der Waals surface area contributed by atoms with E-state index in [0.717, 1.165) is 24.2 Å². The molecular weight excluding hydrogens is 352 g/mol. The van der Waals surface area contributed by atoms with Crippen LogP contribution >= 0.6 is 0 Å². The third-order valence-electron chi connectivity index (χ3n) is 5.50. The summed E-state index contributed by atoms with van der Waals surface area (Å²) in [5, 5.41) is 17.6. The fourth-order valence-corrected chi connectivity index (χ4v) is 3.49. The Balaban J connectivity index is 1.81. The molecule has 6 heteroatoms. The third-order valence-corrected chi connectivity index (χ3v) is 5.50. The molecule has 1 aliphatic rings. The van der Waals surface area contributed by atoms with Gasteiger partial charge in [0.05, 0.1) is 17.5 Å². The summed E-state index contributed by atoms with van der Waals surface area (Å²) in [6, 6.07) is 9.95. The van der Waals surface area contributed by atoms with E-state index in [1.807, 2.05) is 49.1 Å². The highest BCUT2D eigenvalue weighted by atomic mass is 16.3. The maximum atomic E-state index is 12.9. The zero-order valence-electron chi connectivity index (χ0n) is 17.6. The van der Waals surface area contributed by atoms with Gasteiger partial charge in [0, 0.05) is 24.6 Å². The number of aryl methyl sites for hydroxylation is 1. The van der Waals surface area contributed by atoms with E-state index in [1.54, 1.807) is 4.68 Å². The van der Waals surface area contributed by atoms with Crippen LogP contribution in [0.2, 0.25) is 0 Å². The van der Waals surface area contributed by atoms with Crippen molar-refractivity contribution in [2.24, 2.45) is 5.92 Å². The van der Waals surface area contributed by atoms with E-state index < -0.39 is 0 Å². The predicted octanol–water partition coefficient (Wildman–Crippen LogP) is 4.10. The molecule has 2 N–H and O–H groups in total. The molecule has 0 radical (unpaired) electrons. The summed E-state index contributed by atoms with van der Waals surface area (Å²) in [7, 11) is 0. The van der Waals surface area contributed by atoms with Gasteiger partial charge in [-0.1, -0.05) is 38.5 Å². The molecule has 1 fully saturated rings. The number of likely N-dealkylation sites (tertiary alicyclic amines) is 1. The van der Waals surface area contributed by atoms with Crippen LogP contribution in [0.4, 0.5) is 10.6 Å². The van der Waals surface area contributed by atoms with Crippen molar-refractivity contribution >= 4 is 11.8 Å². The lowest BCUT2D eigenvalue weighted by Gasteiger charge is -2.33. The number of carbonyl (C=O) groups is 1. The van der Waals surface area contributed by atoms with E-state index in [0.29, 0.717) is 18.9 Å². The standard InChI is InChI=1S/C22H32N4O2/c1-15-6-8-18(9-7-15)26-20(14-19(24-26)22(3,4)5)23-21(28)25-12-10-17(11-13-25)16(2)27/h6-9,14,16-17,27H,10-13H2,1-5H3,(H,23,28). The lowest BCUT2D eigenvalue weighted by Crippen LogP contribution is -2.43. The van der Waals surface area contributed by atoms with Crippen LogP contribution in [0.25, 0.3) is 5.69 Å². The van der Waals surface area contributed by atoms with E-state index in [2.05, 4.69) is 26.1 Å². The molecule has 3 rings (SSSR count). The Bertz CT molecular complexity index is 810. The Kier molecular flexibility index (Phi) is 5.79. The van der Waals surface area contributed by atoms with Crippen LogP contribution in [0.15, 0.2) is 30.3 Å². The number of carbonyl (C=O) groups excluding carboxylic acids is 1. The highest BCUT2D eigenvalue weighted by molar-refractivity contribution is 5.89. The average molecular weight is 385 g/mol. The number of hydrogen-bond acceptors (Lipinski definition) is 3. The van der Waals surface area contributed by atoms with Crippen LogP contribution in [0, 0.1) is 12.8 Å². The van der Waals surface area contributed by atoms with Crippen molar-refractivity contribution in [3.8, 4) is 5.69 Å². The Labute approximate surface area is 167 Å². The summed E-state index contributed by atoms with van der Waals surface area (Å²) in [5.41, 5.74) is 2.91. The summed E-state index contributed by atoms with van der Waals surface area (Å²) in [5.74, 6) is 0.950. The minimum atomic E-state index is -0.317. The molecule has 0 spiro atoms. The molecule has 2 amide bonds. The van der Waals surface area contributed by atoms with Gasteiger partial charge in [-0.25, -0.2) is 9.48 Å². The number of anilines is 1. The van der Waals surface area contributed by atoms with Crippen LogP contribution in [-0.4, -0.2) is 45.0 Å². The monoisotopic (exact) mass is 384 g/mol. The normalized spacial score (nSPS) is 16.9. The van der Waals surface area contributed by atoms with Gasteiger partial charge < -0.3 is 10.0 Å². The molecule has 152 valence electrons. The van der Waals surface area contributed by atoms with Crippen LogP contribution < -0.4 is 5.32 Å². The number of aliphatic hydroxyl groups is 1. The smallest absolute Gasteiger partial charge is 0.323 e. The van der Waals surface area contributed by atoms with Gasteiger partial charge in [-0.3, -0.25) is 5.32 Å². The molecule has 1 saturated heterocycles. The second-order valence-electron chi connectivity index (χ2n) is 8.91. The molecule has 2 aromatic rings. The van der Waals surface area contributed by atoms with Crippen LogP contribution in [0.3, 0.4) is 0 Å². The number of amides is 2. The van der Waals surface area contributed by atoms with Gasteiger partial charge in [0.2, 0.25) is 0 Å². The van der Waals surface area contributed by atoms with E-state index >= 15 is 0 Å². The topological polar surface area (TPSA) is 70.4 Å². The quantitative estimate of drug-likeness (QED) is 0.837. The maximum Gasteiger partial charge on any atom is 0.323 e. The number of benzene rings is 1. The van der Waals surface area contributed by atoms with E-state index in [9.17, 15) is 9.90 Å². The molecule has 2 heterocycles. The first-order valence-corrected chi connectivity index (χ1v) is 10.1. The van der Waals surface area contributed by atoms with Gasteiger partial charge in [-0.05, 0) is 44.7 Å². The lowest BCUT2D eigenvalue weighted by atomic mass is 9.92. The van der Waals surface area contributed by atoms with E-state index in [-0.39, 0.29) is 23.5 Å². The zero-order chi connectivity index (χ0) is 20.5. The maximum absolute atomic E-state index is 12.9. The van der Waals surface area contributed by atoms with Crippen molar-refractivity contribution < 1.29 is 9.90 Å². The van der Waals surface area contributed by atoms with E-state index in [1.165, 1.54) is 5.56 Å². The van der Waals surface area contributed by atoms with Gasteiger partial charge in [0.15, 0.2) is 0 Å². The fourth-order valence-electron chi connectivity index (χ4n) is 3.49. The van der Waals surface area contributed by atoms with Crippen molar-refractivity contribution in [3.63, 3.8) is 0 Å². The molecule has 0 aliphatic carbocycles.